The van der Waals surface area contributed by atoms with Gasteiger partial charge in [-0.3, -0.25) is 19.7 Å². The molecule has 1 atom stereocenters. The SMILES string of the molecule is O=C1CCC(N2Cc3cc(NCCc4ccc5ccccc5c4)ccc3C2=O)C(=O)N1. The number of rotatable bonds is 5. The maximum Gasteiger partial charge on any atom is 0.255 e. The standard InChI is InChI=1S/C25H23N3O3/c29-23-10-9-22(24(30)27-23)28-15-19-14-20(7-8-21(19)25(28)31)26-12-11-16-5-6-17-3-1-2-4-18(17)13-16/h1-8,13-14,22,26H,9-12,15H2,(H,27,29,30). The molecule has 2 heterocycles. The maximum absolute atomic E-state index is 12.8. The largest absolute Gasteiger partial charge is 0.385 e. The van der Waals surface area contributed by atoms with Gasteiger partial charge in [-0.05, 0) is 52.9 Å². The number of carbonyl (C=O) groups excluding carboxylic acids is 3. The first-order chi connectivity index (χ1) is 15.1. The Morgan fingerprint density at radius 1 is 0.968 bits per heavy atom. The Hall–Kier alpha value is -3.67. The first-order valence-electron chi connectivity index (χ1n) is 10.6. The van der Waals surface area contributed by atoms with Crippen molar-refractivity contribution in [3.8, 4) is 0 Å². The van der Waals surface area contributed by atoms with Crippen LogP contribution < -0.4 is 10.6 Å². The van der Waals surface area contributed by atoms with E-state index in [1.807, 2.05) is 30.3 Å². The Morgan fingerprint density at radius 2 is 1.81 bits per heavy atom. The minimum absolute atomic E-state index is 0.146. The van der Waals surface area contributed by atoms with Crippen molar-refractivity contribution < 1.29 is 14.4 Å². The van der Waals surface area contributed by atoms with Crippen LogP contribution in [0.4, 0.5) is 5.69 Å². The Labute approximate surface area is 180 Å². The van der Waals surface area contributed by atoms with Crippen LogP contribution >= 0.6 is 0 Å². The van der Waals surface area contributed by atoms with E-state index in [2.05, 4.69) is 41.0 Å². The van der Waals surface area contributed by atoms with Crippen LogP contribution in [0.15, 0.2) is 60.7 Å². The first kappa shape index (κ1) is 19.3. The molecule has 31 heavy (non-hydrogen) atoms. The smallest absolute Gasteiger partial charge is 0.255 e. The van der Waals surface area contributed by atoms with Gasteiger partial charge in [-0.2, -0.15) is 0 Å². The van der Waals surface area contributed by atoms with Gasteiger partial charge in [-0.25, -0.2) is 0 Å². The van der Waals surface area contributed by atoms with Crippen molar-refractivity contribution >= 4 is 34.2 Å². The van der Waals surface area contributed by atoms with Crippen LogP contribution in [0.3, 0.4) is 0 Å². The summed E-state index contributed by atoms with van der Waals surface area (Å²) in [7, 11) is 0. The maximum atomic E-state index is 12.8. The molecular formula is C25H23N3O3. The predicted octanol–water partition coefficient (Wildman–Crippen LogP) is 3.26. The second kappa shape index (κ2) is 7.87. The molecule has 0 aliphatic carbocycles. The monoisotopic (exact) mass is 413 g/mol. The zero-order chi connectivity index (χ0) is 21.4. The van der Waals surface area contributed by atoms with E-state index in [4.69, 9.17) is 0 Å². The van der Waals surface area contributed by atoms with Gasteiger partial charge in [0.1, 0.15) is 6.04 Å². The summed E-state index contributed by atoms with van der Waals surface area (Å²) in [6.07, 6.45) is 1.53. The van der Waals surface area contributed by atoms with Gasteiger partial charge in [0, 0.05) is 30.8 Å². The molecule has 1 unspecified atom stereocenters. The highest BCUT2D eigenvalue weighted by Crippen LogP contribution is 2.29. The molecule has 6 nitrogen and oxygen atoms in total. The molecule has 2 aliphatic heterocycles. The molecule has 3 amide bonds. The molecule has 1 fully saturated rings. The van der Waals surface area contributed by atoms with E-state index in [0.29, 0.717) is 18.5 Å². The van der Waals surface area contributed by atoms with Crippen LogP contribution in [-0.2, 0) is 22.6 Å². The van der Waals surface area contributed by atoms with Crippen molar-refractivity contribution in [2.75, 3.05) is 11.9 Å². The third kappa shape index (κ3) is 3.77. The highest BCUT2D eigenvalue weighted by atomic mass is 16.2. The number of amides is 3. The second-order valence-corrected chi connectivity index (χ2v) is 8.13. The number of carbonyl (C=O) groups is 3. The van der Waals surface area contributed by atoms with Crippen LogP contribution in [0.1, 0.15) is 34.3 Å². The molecule has 0 radical (unpaired) electrons. The summed E-state index contributed by atoms with van der Waals surface area (Å²) in [4.78, 5) is 37.9. The van der Waals surface area contributed by atoms with Crippen molar-refractivity contribution in [2.24, 2.45) is 0 Å². The third-order valence-corrected chi connectivity index (χ3v) is 6.08. The summed E-state index contributed by atoms with van der Waals surface area (Å²) in [5.74, 6) is -0.804. The number of fused-ring (bicyclic) bond motifs is 2. The second-order valence-electron chi connectivity index (χ2n) is 8.13. The summed E-state index contributed by atoms with van der Waals surface area (Å²) in [5.41, 5.74) is 3.76. The van der Waals surface area contributed by atoms with Gasteiger partial charge in [0.15, 0.2) is 0 Å². The van der Waals surface area contributed by atoms with Crippen LogP contribution in [0, 0.1) is 0 Å². The highest BCUT2D eigenvalue weighted by Gasteiger charge is 2.39. The molecule has 3 aromatic rings. The van der Waals surface area contributed by atoms with Crippen LogP contribution in [0.2, 0.25) is 0 Å². The molecule has 156 valence electrons. The lowest BCUT2D eigenvalue weighted by atomic mass is 10.0. The van der Waals surface area contributed by atoms with Gasteiger partial charge in [-0.15, -0.1) is 0 Å². The number of hydrogen-bond acceptors (Lipinski definition) is 4. The number of nitrogens with zero attached hydrogens (tertiary/aromatic N) is 1. The van der Waals surface area contributed by atoms with E-state index >= 15 is 0 Å². The van der Waals surface area contributed by atoms with Gasteiger partial charge >= 0.3 is 0 Å². The number of piperidine rings is 1. The van der Waals surface area contributed by atoms with E-state index in [1.165, 1.54) is 16.3 Å². The van der Waals surface area contributed by atoms with Gasteiger partial charge in [0.05, 0.1) is 0 Å². The highest BCUT2D eigenvalue weighted by molar-refractivity contribution is 6.05. The summed E-state index contributed by atoms with van der Waals surface area (Å²) in [6, 6.07) is 20.0. The summed E-state index contributed by atoms with van der Waals surface area (Å²) in [6.45, 7) is 1.17. The van der Waals surface area contributed by atoms with Crippen molar-refractivity contribution in [1.82, 2.24) is 10.2 Å². The average molecular weight is 413 g/mol. The average Bonchev–Trinajstić information content (AvgIpc) is 3.09. The van der Waals surface area contributed by atoms with Crippen molar-refractivity contribution in [3.63, 3.8) is 0 Å². The van der Waals surface area contributed by atoms with E-state index in [-0.39, 0.29) is 24.1 Å². The molecule has 0 spiro atoms. The van der Waals surface area contributed by atoms with Crippen molar-refractivity contribution in [2.45, 2.75) is 31.8 Å². The zero-order valence-corrected chi connectivity index (χ0v) is 17.1. The molecule has 2 N–H and O–H groups in total. The van der Waals surface area contributed by atoms with Crippen LogP contribution in [-0.4, -0.2) is 35.2 Å². The third-order valence-electron chi connectivity index (χ3n) is 6.08. The lowest BCUT2D eigenvalue weighted by molar-refractivity contribution is -0.136. The van der Waals surface area contributed by atoms with Gasteiger partial charge < -0.3 is 10.2 Å². The quantitative estimate of drug-likeness (QED) is 0.630. The number of hydrogen-bond donors (Lipinski definition) is 2. The predicted molar refractivity (Wildman–Crippen MR) is 119 cm³/mol. The van der Waals surface area contributed by atoms with Crippen molar-refractivity contribution in [1.29, 1.82) is 0 Å². The normalized spacial score (nSPS) is 18.3. The summed E-state index contributed by atoms with van der Waals surface area (Å²) < 4.78 is 0. The van der Waals surface area contributed by atoms with Crippen molar-refractivity contribution in [3.05, 3.63) is 77.4 Å². The van der Waals surface area contributed by atoms with Crippen LogP contribution in [0.5, 0.6) is 0 Å². The van der Waals surface area contributed by atoms with E-state index in [9.17, 15) is 14.4 Å². The van der Waals surface area contributed by atoms with E-state index < -0.39 is 6.04 Å². The lowest BCUT2D eigenvalue weighted by Crippen LogP contribution is -2.52. The fourth-order valence-corrected chi connectivity index (χ4v) is 4.43. The minimum Gasteiger partial charge on any atom is -0.385 e. The molecule has 5 rings (SSSR count). The fourth-order valence-electron chi connectivity index (χ4n) is 4.43. The zero-order valence-electron chi connectivity index (χ0n) is 17.1. The molecular weight excluding hydrogens is 390 g/mol. The van der Waals surface area contributed by atoms with Gasteiger partial charge in [-0.1, -0.05) is 42.5 Å². The number of benzene rings is 3. The molecule has 6 heteroatoms. The minimum atomic E-state index is -0.582. The topological polar surface area (TPSA) is 78.5 Å². The van der Waals surface area contributed by atoms with Crippen LogP contribution in [0.25, 0.3) is 10.8 Å². The Kier molecular flexibility index (Phi) is 4.90. The molecule has 0 bridgehead atoms. The van der Waals surface area contributed by atoms with E-state index in [0.717, 1.165) is 24.2 Å². The summed E-state index contributed by atoms with van der Waals surface area (Å²) in [5, 5.41) is 8.26. The molecule has 1 saturated heterocycles. The molecule has 2 aliphatic rings. The van der Waals surface area contributed by atoms with Gasteiger partial charge in [0.25, 0.3) is 5.91 Å². The fraction of sp³-hybridized carbons (Fsp3) is 0.240. The number of nitrogens with one attached hydrogen (secondary N) is 2. The Balaban J connectivity index is 1.23. The van der Waals surface area contributed by atoms with E-state index in [1.54, 1.807) is 4.90 Å². The lowest BCUT2D eigenvalue weighted by Gasteiger charge is -2.29. The number of imide groups is 1. The molecule has 0 aromatic heterocycles. The molecule has 3 aromatic carbocycles. The number of anilines is 1. The van der Waals surface area contributed by atoms with Gasteiger partial charge in [0.2, 0.25) is 11.8 Å². The Morgan fingerprint density at radius 3 is 2.65 bits per heavy atom. The first-order valence-corrected chi connectivity index (χ1v) is 10.6. The summed E-state index contributed by atoms with van der Waals surface area (Å²) >= 11 is 0. The Bertz CT molecular complexity index is 1200. The molecule has 0 saturated carbocycles.